The molecule has 0 unspecified atom stereocenters. The minimum Gasteiger partial charge on any atom is -0.493 e. The maximum atomic E-state index is 12.9. The van der Waals surface area contributed by atoms with Crippen LogP contribution in [0.5, 0.6) is 17.2 Å². The molecule has 4 rings (SSSR count). The minimum absolute atomic E-state index is 0.158. The van der Waals surface area contributed by atoms with Crippen molar-refractivity contribution in [2.75, 3.05) is 57.7 Å². The van der Waals surface area contributed by atoms with Crippen LogP contribution in [-0.2, 0) is 0 Å². The molecule has 2 amide bonds. The largest absolute Gasteiger partial charge is 0.493 e. The number of carbonyl (C=O) groups excluding carboxylic acids is 1. The highest BCUT2D eigenvalue weighted by Gasteiger charge is 2.24. The van der Waals surface area contributed by atoms with Gasteiger partial charge in [-0.1, -0.05) is 17.4 Å². The number of hydrogen-bond donors (Lipinski definition) is 1. The van der Waals surface area contributed by atoms with E-state index in [0.29, 0.717) is 36.0 Å². The van der Waals surface area contributed by atoms with Crippen LogP contribution in [-0.4, -0.2) is 63.4 Å². The van der Waals surface area contributed by atoms with Gasteiger partial charge in [-0.25, -0.2) is 9.78 Å². The third-order valence-corrected chi connectivity index (χ3v) is 6.83. The van der Waals surface area contributed by atoms with E-state index in [1.54, 1.807) is 44.8 Å². The molecule has 1 aliphatic rings. The number of benzene rings is 2. The molecule has 9 heteroatoms. The molecule has 0 radical (unpaired) electrons. The van der Waals surface area contributed by atoms with Crippen LogP contribution < -0.4 is 24.4 Å². The number of aromatic nitrogens is 1. The van der Waals surface area contributed by atoms with Crippen molar-refractivity contribution < 1.29 is 19.0 Å². The fraction of sp³-hybridized carbons (Fsp3) is 0.391. The maximum Gasteiger partial charge on any atom is 0.321 e. The Labute approximate surface area is 191 Å². The van der Waals surface area contributed by atoms with Gasteiger partial charge >= 0.3 is 6.03 Å². The number of fused-ring (bicyclic) bond motifs is 1. The van der Waals surface area contributed by atoms with Gasteiger partial charge in [0.15, 0.2) is 16.6 Å². The zero-order chi connectivity index (χ0) is 22.8. The Morgan fingerprint density at radius 2 is 1.62 bits per heavy atom. The first-order valence-electron chi connectivity index (χ1n) is 10.4. The monoisotopic (exact) mass is 456 g/mol. The molecular formula is C23H28N4O4S. The Hall–Kier alpha value is -3.20. The minimum atomic E-state index is -0.158. The van der Waals surface area contributed by atoms with E-state index >= 15 is 0 Å². The van der Waals surface area contributed by atoms with Crippen molar-refractivity contribution in [1.29, 1.82) is 0 Å². The van der Waals surface area contributed by atoms with Gasteiger partial charge in [0, 0.05) is 38.3 Å². The summed E-state index contributed by atoms with van der Waals surface area (Å²) in [4.78, 5) is 21.8. The molecule has 0 spiro atoms. The summed E-state index contributed by atoms with van der Waals surface area (Å²) >= 11 is 1.72. The number of anilines is 2. The molecule has 8 nitrogen and oxygen atoms in total. The van der Waals surface area contributed by atoms with Crippen molar-refractivity contribution in [1.82, 2.24) is 9.88 Å². The van der Waals surface area contributed by atoms with Crippen LogP contribution >= 0.6 is 11.3 Å². The first-order valence-corrected chi connectivity index (χ1v) is 11.2. The Balaban J connectivity index is 1.42. The van der Waals surface area contributed by atoms with Gasteiger partial charge in [0.1, 0.15) is 0 Å². The van der Waals surface area contributed by atoms with Gasteiger partial charge in [-0.3, -0.25) is 0 Å². The first kappa shape index (κ1) is 22.0. The molecule has 1 aliphatic heterocycles. The van der Waals surface area contributed by atoms with Crippen LogP contribution in [0.1, 0.15) is 11.1 Å². The standard InChI is InChI=1S/C23H28N4O4S/c1-14-10-15(2)21-17(11-14)25-23(32-21)27-8-6-26(7-9-27)22(28)24-16-12-18(29-3)20(31-5)19(13-16)30-4/h10-13H,6-9H2,1-5H3,(H,24,28). The molecule has 0 atom stereocenters. The molecule has 1 fully saturated rings. The van der Waals surface area contributed by atoms with Crippen molar-refractivity contribution in [2.45, 2.75) is 13.8 Å². The number of hydrogen-bond acceptors (Lipinski definition) is 7. The third-order valence-electron chi connectivity index (χ3n) is 5.56. The van der Waals surface area contributed by atoms with Crippen LogP contribution in [0.25, 0.3) is 10.2 Å². The molecule has 0 aliphatic carbocycles. The summed E-state index contributed by atoms with van der Waals surface area (Å²) in [5, 5.41) is 3.95. The van der Waals surface area contributed by atoms with Crippen molar-refractivity contribution >= 4 is 38.4 Å². The van der Waals surface area contributed by atoms with E-state index in [4.69, 9.17) is 19.2 Å². The van der Waals surface area contributed by atoms with Crippen molar-refractivity contribution in [3.8, 4) is 17.2 Å². The number of ether oxygens (including phenoxy) is 3. The third kappa shape index (κ3) is 4.25. The van der Waals surface area contributed by atoms with Gasteiger partial charge < -0.3 is 29.3 Å². The van der Waals surface area contributed by atoms with E-state index in [2.05, 4.69) is 36.2 Å². The van der Waals surface area contributed by atoms with Crippen molar-refractivity contribution in [3.63, 3.8) is 0 Å². The van der Waals surface area contributed by atoms with E-state index in [0.717, 1.165) is 23.7 Å². The average Bonchev–Trinajstić information content (AvgIpc) is 3.22. The van der Waals surface area contributed by atoms with Crippen molar-refractivity contribution in [3.05, 3.63) is 35.4 Å². The number of piperazine rings is 1. The van der Waals surface area contributed by atoms with Gasteiger partial charge in [-0.15, -0.1) is 0 Å². The number of aryl methyl sites for hydroxylation is 2. The summed E-state index contributed by atoms with van der Waals surface area (Å²) in [5.74, 6) is 1.48. The predicted octanol–water partition coefficient (Wildman–Crippen LogP) is 4.29. The molecule has 32 heavy (non-hydrogen) atoms. The Kier molecular flexibility index (Phi) is 6.27. The Bertz CT molecular complexity index is 1110. The Morgan fingerprint density at radius 1 is 0.969 bits per heavy atom. The number of carbonyl (C=O) groups is 1. The highest BCUT2D eigenvalue weighted by atomic mass is 32.1. The van der Waals surface area contributed by atoms with Gasteiger partial charge in [-0.05, 0) is 31.0 Å². The highest BCUT2D eigenvalue weighted by molar-refractivity contribution is 7.22. The van der Waals surface area contributed by atoms with Gasteiger partial charge in [0.25, 0.3) is 0 Å². The lowest BCUT2D eigenvalue weighted by Crippen LogP contribution is -2.50. The molecule has 1 aromatic heterocycles. The lowest BCUT2D eigenvalue weighted by molar-refractivity contribution is 0.208. The van der Waals surface area contributed by atoms with E-state index in [-0.39, 0.29) is 6.03 Å². The van der Waals surface area contributed by atoms with E-state index in [1.165, 1.54) is 15.8 Å². The van der Waals surface area contributed by atoms with Crippen LogP contribution in [0.3, 0.4) is 0 Å². The number of amides is 2. The van der Waals surface area contributed by atoms with Crippen LogP contribution in [0.2, 0.25) is 0 Å². The lowest BCUT2D eigenvalue weighted by atomic mass is 10.1. The highest BCUT2D eigenvalue weighted by Crippen LogP contribution is 2.40. The average molecular weight is 457 g/mol. The second-order valence-electron chi connectivity index (χ2n) is 7.74. The number of rotatable bonds is 5. The summed E-state index contributed by atoms with van der Waals surface area (Å²) in [5.41, 5.74) is 4.11. The number of thiazole rings is 1. The zero-order valence-corrected chi connectivity index (χ0v) is 19.8. The number of urea groups is 1. The van der Waals surface area contributed by atoms with Crippen LogP contribution in [0, 0.1) is 13.8 Å². The normalized spacial score (nSPS) is 13.9. The number of nitrogens with one attached hydrogen (secondary N) is 1. The molecule has 0 bridgehead atoms. The molecule has 1 N–H and O–H groups in total. The number of methoxy groups -OCH3 is 3. The Morgan fingerprint density at radius 3 is 2.22 bits per heavy atom. The second kappa shape index (κ2) is 9.12. The number of nitrogens with zero attached hydrogens (tertiary/aromatic N) is 3. The quantitative estimate of drug-likeness (QED) is 0.617. The lowest BCUT2D eigenvalue weighted by Gasteiger charge is -2.34. The molecule has 170 valence electrons. The van der Waals surface area contributed by atoms with E-state index in [1.807, 2.05) is 4.90 Å². The predicted molar refractivity (Wildman–Crippen MR) is 128 cm³/mol. The summed E-state index contributed by atoms with van der Waals surface area (Å²) in [6.07, 6.45) is 0. The SMILES string of the molecule is COc1cc(NC(=O)N2CCN(c3nc4cc(C)cc(C)c4s3)CC2)cc(OC)c1OC. The van der Waals surface area contributed by atoms with Gasteiger partial charge in [0.2, 0.25) is 5.75 Å². The second-order valence-corrected chi connectivity index (χ2v) is 8.72. The van der Waals surface area contributed by atoms with Gasteiger partial charge in [0.05, 0.1) is 37.2 Å². The van der Waals surface area contributed by atoms with Crippen LogP contribution in [0.4, 0.5) is 15.6 Å². The molecule has 2 aromatic carbocycles. The molecule has 3 aromatic rings. The first-order chi connectivity index (χ1) is 15.4. The summed E-state index contributed by atoms with van der Waals surface area (Å²) in [6, 6.07) is 7.61. The van der Waals surface area contributed by atoms with E-state index < -0.39 is 0 Å². The summed E-state index contributed by atoms with van der Waals surface area (Å²) < 4.78 is 17.3. The summed E-state index contributed by atoms with van der Waals surface area (Å²) in [7, 11) is 4.64. The molecule has 2 heterocycles. The summed E-state index contributed by atoms with van der Waals surface area (Å²) in [6.45, 7) is 6.93. The fourth-order valence-electron chi connectivity index (χ4n) is 3.96. The fourth-order valence-corrected chi connectivity index (χ4v) is 5.02. The van der Waals surface area contributed by atoms with E-state index in [9.17, 15) is 4.79 Å². The van der Waals surface area contributed by atoms with Crippen molar-refractivity contribution in [2.24, 2.45) is 0 Å². The molecular weight excluding hydrogens is 428 g/mol. The van der Waals surface area contributed by atoms with Crippen LogP contribution in [0.15, 0.2) is 24.3 Å². The van der Waals surface area contributed by atoms with Gasteiger partial charge in [-0.2, -0.15) is 0 Å². The molecule has 0 saturated carbocycles. The maximum absolute atomic E-state index is 12.9. The topological polar surface area (TPSA) is 76.2 Å². The zero-order valence-electron chi connectivity index (χ0n) is 19.0. The molecule has 1 saturated heterocycles. The smallest absolute Gasteiger partial charge is 0.321 e.